The molecule has 0 aliphatic heterocycles. The highest BCUT2D eigenvalue weighted by Crippen LogP contribution is 3.07. The molecule has 0 aromatic carbocycles. The molecule has 106 valence electrons. The Balaban J connectivity index is 1.55. The number of amides is 1. The lowest BCUT2D eigenvalue weighted by Crippen LogP contribution is -2.51. The first-order chi connectivity index (χ1) is 8.73. The van der Waals surface area contributed by atoms with Gasteiger partial charge in [0.2, 0.25) is 0 Å². The van der Waals surface area contributed by atoms with E-state index in [4.69, 9.17) is 4.74 Å². The molecule has 1 N–H and O–H groups in total. The van der Waals surface area contributed by atoms with E-state index in [1.807, 2.05) is 13.8 Å². The van der Waals surface area contributed by atoms with Gasteiger partial charge in [-0.25, -0.2) is 4.79 Å². The smallest absolute Gasteiger partial charge is 0.407 e. The van der Waals surface area contributed by atoms with Crippen molar-refractivity contribution in [1.82, 2.24) is 5.32 Å². The summed E-state index contributed by atoms with van der Waals surface area (Å²) >= 11 is 0. The van der Waals surface area contributed by atoms with Gasteiger partial charge in [0.05, 0.1) is 0 Å². The van der Waals surface area contributed by atoms with Crippen LogP contribution in [-0.4, -0.2) is 18.2 Å². The summed E-state index contributed by atoms with van der Waals surface area (Å²) in [5.74, 6) is 0.804. The van der Waals surface area contributed by atoms with Gasteiger partial charge in [0.25, 0.3) is 0 Å². The molecule has 4 saturated carbocycles. The van der Waals surface area contributed by atoms with E-state index in [0.29, 0.717) is 16.2 Å². The van der Waals surface area contributed by atoms with Gasteiger partial charge in [0.1, 0.15) is 6.10 Å². The molecule has 4 aliphatic rings. The van der Waals surface area contributed by atoms with Gasteiger partial charge >= 0.3 is 6.09 Å². The minimum Gasteiger partial charge on any atom is -0.446 e. The summed E-state index contributed by atoms with van der Waals surface area (Å²) < 4.78 is 5.79. The van der Waals surface area contributed by atoms with Crippen LogP contribution in [0.5, 0.6) is 0 Å². The first-order valence-electron chi connectivity index (χ1n) is 7.70. The number of nitrogens with one attached hydrogen (secondary N) is 1. The monoisotopic (exact) mass is 263 g/mol. The van der Waals surface area contributed by atoms with Crippen LogP contribution in [0.2, 0.25) is 0 Å². The van der Waals surface area contributed by atoms with E-state index < -0.39 is 0 Å². The van der Waals surface area contributed by atoms with Crippen molar-refractivity contribution in [2.45, 2.75) is 66.0 Å². The number of carbonyl (C=O) groups is 1. The molecule has 0 aromatic rings. The van der Waals surface area contributed by atoms with E-state index in [2.05, 4.69) is 26.1 Å². The zero-order valence-electron chi connectivity index (χ0n) is 12.7. The highest BCUT2D eigenvalue weighted by molar-refractivity contribution is 5.68. The molecule has 4 rings (SSSR count). The van der Waals surface area contributed by atoms with Crippen molar-refractivity contribution in [2.24, 2.45) is 27.6 Å². The maximum absolute atomic E-state index is 11.9. The van der Waals surface area contributed by atoms with Crippen LogP contribution >= 0.6 is 0 Å². The molecule has 0 aromatic heterocycles. The van der Waals surface area contributed by atoms with E-state index in [1.54, 1.807) is 0 Å². The Morgan fingerprint density at radius 1 is 1.26 bits per heavy atom. The van der Waals surface area contributed by atoms with E-state index in [9.17, 15) is 4.79 Å². The lowest BCUT2D eigenvalue weighted by molar-refractivity contribution is -0.0942. The summed E-state index contributed by atoms with van der Waals surface area (Å²) in [6, 6.07) is 0.148. The Hall–Kier alpha value is -0.730. The highest BCUT2D eigenvalue weighted by atomic mass is 16.6. The predicted octanol–water partition coefficient (Wildman–Crippen LogP) is 3.34. The average molecular weight is 263 g/mol. The van der Waals surface area contributed by atoms with Crippen molar-refractivity contribution < 1.29 is 9.53 Å². The van der Waals surface area contributed by atoms with Gasteiger partial charge in [-0.3, -0.25) is 0 Å². The van der Waals surface area contributed by atoms with Gasteiger partial charge in [-0.2, -0.15) is 0 Å². The van der Waals surface area contributed by atoms with Crippen LogP contribution in [0.15, 0.2) is 0 Å². The van der Waals surface area contributed by atoms with E-state index in [-0.39, 0.29) is 23.7 Å². The predicted molar refractivity (Wildman–Crippen MR) is 72.6 cm³/mol. The molecule has 4 fully saturated rings. The Morgan fingerprint density at radius 2 is 1.95 bits per heavy atom. The van der Waals surface area contributed by atoms with Crippen LogP contribution in [0, 0.1) is 27.6 Å². The molecule has 4 aliphatic carbocycles. The lowest BCUT2D eigenvalue weighted by Gasteiger charge is -2.53. The summed E-state index contributed by atoms with van der Waals surface area (Å²) in [4.78, 5) is 11.9. The van der Waals surface area contributed by atoms with Crippen molar-refractivity contribution in [2.75, 3.05) is 0 Å². The normalized spacial score (nSPS) is 59.7. The maximum Gasteiger partial charge on any atom is 0.407 e. The number of hydrogen-bond donors (Lipinski definition) is 1. The zero-order valence-corrected chi connectivity index (χ0v) is 12.7. The third kappa shape index (κ3) is 0.864. The fraction of sp³-hybridized carbons (Fsp3) is 0.938. The van der Waals surface area contributed by atoms with Gasteiger partial charge < -0.3 is 10.1 Å². The third-order valence-electron chi connectivity index (χ3n) is 7.65. The fourth-order valence-corrected chi connectivity index (χ4v) is 7.46. The standard InChI is InChI=1S/C16H25NO2/c1-9(2)17-12(18)19-11-6-10-7-14(4)15(5)8-13(11,3)16(10,14)15/h9-11H,6-8H2,1-5H3,(H,17,18). The number of alkyl carbamates (subject to hydrolysis) is 1. The van der Waals surface area contributed by atoms with Crippen molar-refractivity contribution in [3.8, 4) is 0 Å². The minimum absolute atomic E-state index is 0.133. The van der Waals surface area contributed by atoms with Crippen LogP contribution in [0.3, 0.4) is 0 Å². The van der Waals surface area contributed by atoms with Crippen LogP contribution < -0.4 is 5.32 Å². The molecular formula is C16H25NO2. The van der Waals surface area contributed by atoms with Crippen molar-refractivity contribution in [3.63, 3.8) is 0 Å². The maximum atomic E-state index is 11.9. The molecule has 0 radical (unpaired) electrons. The highest BCUT2D eigenvalue weighted by Gasteiger charge is 3.04. The van der Waals surface area contributed by atoms with E-state index in [1.165, 1.54) is 12.8 Å². The number of fused-ring (bicyclic) bond motifs is 1. The summed E-state index contributed by atoms with van der Waals surface area (Å²) in [5, 5.41) is 2.86. The quantitative estimate of drug-likeness (QED) is 0.830. The van der Waals surface area contributed by atoms with Gasteiger partial charge in [0.15, 0.2) is 0 Å². The number of hydrogen-bond acceptors (Lipinski definition) is 2. The van der Waals surface area contributed by atoms with Crippen LogP contribution in [0.1, 0.15) is 53.9 Å². The van der Waals surface area contributed by atoms with Crippen LogP contribution in [-0.2, 0) is 4.74 Å². The molecule has 1 amide bonds. The van der Waals surface area contributed by atoms with Crippen molar-refractivity contribution in [3.05, 3.63) is 0 Å². The molecule has 0 heterocycles. The van der Waals surface area contributed by atoms with Gasteiger partial charge in [0, 0.05) is 11.5 Å². The molecule has 0 saturated heterocycles. The second-order valence-electron chi connectivity index (χ2n) is 8.40. The fourth-order valence-electron chi connectivity index (χ4n) is 7.46. The average Bonchev–Trinajstić information content (AvgIpc) is 2.41. The second-order valence-corrected chi connectivity index (χ2v) is 8.40. The summed E-state index contributed by atoms with van der Waals surface area (Å²) in [6.07, 6.45) is 3.59. The Labute approximate surface area is 115 Å². The summed E-state index contributed by atoms with van der Waals surface area (Å²) in [6.45, 7) is 11.2. The first-order valence-corrected chi connectivity index (χ1v) is 7.70. The topological polar surface area (TPSA) is 38.3 Å². The van der Waals surface area contributed by atoms with Gasteiger partial charge in [-0.1, -0.05) is 20.8 Å². The Morgan fingerprint density at radius 3 is 2.42 bits per heavy atom. The molecule has 3 heteroatoms. The second kappa shape index (κ2) is 2.82. The molecule has 6 atom stereocenters. The van der Waals surface area contributed by atoms with Gasteiger partial charge in [-0.05, 0) is 55.3 Å². The van der Waals surface area contributed by atoms with Crippen LogP contribution in [0.25, 0.3) is 0 Å². The largest absolute Gasteiger partial charge is 0.446 e. The lowest BCUT2D eigenvalue weighted by atomic mass is 9.51. The minimum atomic E-state index is -0.227. The van der Waals surface area contributed by atoms with Crippen molar-refractivity contribution >= 4 is 6.09 Å². The Kier molecular flexibility index (Phi) is 1.79. The molecule has 0 bridgehead atoms. The summed E-state index contributed by atoms with van der Waals surface area (Å²) in [7, 11) is 0. The van der Waals surface area contributed by atoms with Crippen molar-refractivity contribution in [1.29, 1.82) is 0 Å². The number of ether oxygens (including phenoxy) is 1. The SMILES string of the molecule is CC(C)NC(=O)OC1CC2CC3(C)C4(C)CC1(C)C234. The molecular weight excluding hydrogens is 238 g/mol. The van der Waals surface area contributed by atoms with Crippen LogP contribution in [0.4, 0.5) is 4.79 Å². The Bertz CT molecular complexity index is 479. The van der Waals surface area contributed by atoms with E-state index in [0.717, 1.165) is 12.3 Å². The molecule has 6 unspecified atom stereocenters. The van der Waals surface area contributed by atoms with Gasteiger partial charge in [-0.15, -0.1) is 0 Å². The third-order valence-corrected chi connectivity index (χ3v) is 7.65. The molecule has 3 nitrogen and oxygen atoms in total. The number of carbonyl (C=O) groups excluding carboxylic acids is 1. The molecule has 1 spiro atoms. The summed E-state index contributed by atoms with van der Waals surface area (Å²) in [5.41, 5.74) is 1.85. The first kappa shape index (κ1) is 12.0. The zero-order chi connectivity index (χ0) is 13.8. The molecule has 19 heavy (non-hydrogen) atoms. The van der Waals surface area contributed by atoms with E-state index >= 15 is 0 Å². The number of rotatable bonds is 2.